The highest BCUT2D eigenvalue weighted by atomic mass is 32.2. The van der Waals surface area contributed by atoms with Crippen LogP contribution in [0.2, 0.25) is 0 Å². The Kier molecular flexibility index (Phi) is 3.68. The molecule has 0 amide bonds. The lowest BCUT2D eigenvalue weighted by Gasteiger charge is -2.27. The van der Waals surface area contributed by atoms with Crippen molar-refractivity contribution < 1.29 is 0 Å². The molecule has 2 heteroatoms. The van der Waals surface area contributed by atoms with E-state index < -0.39 is 0 Å². The molecule has 2 unspecified atom stereocenters. The summed E-state index contributed by atoms with van der Waals surface area (Å²) in [5.41, 5.74) is 4.35. The highest BCUT2D eigenvalue weighted by molar-refractivity contribution is 8.17. The topological polar surface area (TPSA) is 0 Å². The van der Waals surface area contributed by atoms with Crippen molar-refractivity contribution in [2.45, 2.75) is 37.0 Å². The Bertz CT molecular complexity index is 346. The minimum absolute atomic E-state index is 0.661. The van der Waals surface area contributed by atoms with Crippen molar-refractivity contribution in [2.75, 3.05) is 5.75 Å². The van der Waals surface area contributed by atoms with Gasteiger partial charge in [-0.3, -0.25) is 0 Å². The number of aryl methyl sites for hydroxylation is 2. The van der Waals surface area contributed by atoms with E-state index in [0.29, 0.717) is 4.58 Å². The fourth-order valence-electron chi connectivity index (χ4n) is 1.91. The van der Waals surface area contributed by atoms with Crippen LogP contribution in [0.25, 0.3) is 0 Å². The smallest absolute Gasteiger partial charge is 0.0756 e. The number of rotatable bonds is 1. The molecule has 1 aliphatic rings. The molecule has 2 atom stereocenters. The molecule has 15 heavy (non-hydrogen) atoms. The third-order valence-electron chi connectivity index (χ3n) is 2.83. The Morgan fingerprint density at radius 2 is 2.07 bits per heavy atom. The third kappa shape index (κ3) is 2.73. The summed E-state index contributed by atoms with van der Waals surface area (Å²) in [4.78, 5) is 0. The lowest BCUT2D eigenvalue weighted by Crippen LogP contribution is -2.09. The third-order valence-corrected chi connectivity index (χ3v) is 5.80. The van der Waals surface area contributed by atoms with Gasteiger partial charge in [-0.15, -0.1) is 23.5 Å². The van der Waals surface area contributed by atoms with E-state index in [1.54, 1.807) is 0 Å². The molecular formula is C13H18S2. The van der Waals surface area contributed by atoms with Gasteiger partial charge in [0, 0.05) is 5.25 Å². The maximum absolute atomic E-state index is 2.35. The van der Waals surface area contributed by atoms with Gasteiger partial charge in [-0.1, -0.05) is 30.7 Å². The van der Waals surface area contributed by atoms with Crippen molar-refractivity contribution in [1.29, 1.82) is 0 Å². The molecule has 0 radical (unpaired) electrons. The number of thioether (sulfide) groups is 2. The van der Waals surface area contributed by atoms with Gasteiger partial charge in [0.2, 0.25) is 0 Å². The Labute approximate surface area is 101 Å². The largest absolute Gasteiger partial charge is 0.143 e. The average molecular weight is 238 g/mol. The maximum atomic E-state index is 2.35. The van der Waals surface area contributed by atoms with Crippen LogP contribution >= 0.6 is 23.5 Å². The second-order valence-corrected chi connectivity index (χ2v) is 7.36. The van der Waals surface area contributed by atoms with E-state index in [2.05, 4.69) is 62.5 Å². The van der Waals surface area contributed by atoms with Gasteiger partial charge in [0.15, 0.2) is 0 Å². The molecule has 82 valence electrons. The Balaban J connectivity index is 2.21. The first-order valence-corrected chi connectivity index (χ1v) is 7.50. The predicted molar refractivity (Wildman–Crippen MR) is 72.8 cm³/mol. The average Bonchev–Trinajstić information content (AvgIpc) is 2.17. The minimum atomic E-state index is 0.661. The van der Waals surface area contributed by atoms with Crippen LogP contribution in [0, 0.1) is 13.8 Å². The summed E-state index contributed by atoms with van der Waals surface area (Å²) in [6, 6.07) is 6.85. The number of hydrogen-bond donors (Lipinski definition) is 0. The van der Waals surface area contributed by atoms with Crippen molar-refractivity contribution in [1.82, 2.24) is 0 Å². The van der Waals surface area contributed by atoms with Gasteiger partial charge in [-0.2, -0.15) is 0 Å². The monoisotopic (exact) mass is 238 g/mol. The van der Waals surface area contributed by atoms with Crippen molar-refractivity contribution in [3.8, 4) is 0 Å². The summed E-state index contributed by atoms with van der Waals surface area (Å²) >= 11 is 4.23. The SMILES string of the molecule is Cc1ccc(C2SCCC(C)S2)c(C)c1. The van der Waals surface area contributed by atoms with Gasteiger partial charge in [-0.05, 0) is 37.1 Å². The molecule has 0 bridgehead atoms. The van der Waals surface area contributed by atoms with Crippen molar-refractivity contribution in [3.05, 3.63) is 34.9 Å². The zero-order valence-corrected chi connectivity index (χ0v) is 11.3. The van der Waals surface area contributed by atoms with E-state index in [4.69, 9.17) is 0 Å². The van der Waals surface area contributed by atoms with E-state index in [1.807, 2.05) is 0 Å². The summed E-state index contributed by atoms with van der Waals surface area (Å²) in [6.45, 7) is 6.75. The molecule has 1 aromatic rings. The van der Waals surface area contributed by atoms with Gasteiger partial charge in [0.25, 0.3) is 0 Å². The van der Waals surface area contributed by atoms with Gasteiger partial charge in [0.05, 0.1) is 4.58 Å². The van der Waals surface area contributed by atoms with E-state index in [-0.39, 0.29) is 0 Å². The quantitative estimate of drug-likeness (QED) is 0.703. The Hall–Kier alpha value is -0.0800. The molecule has 1 fully saturated rings. The second-order valence-electron chi connectivity index (χ2n) is 4.30. The van der Waals surface area contributed by atoms with Crippen LogP contribution in [0.15, 0.2) is 18.2 Å². The molecule has 1 aliphatic heterocycles. The Morgan fingerprint density at radius 1 is 1.27 bits per heavy atom. The molecule has 2 rings (SSSR count). The van der Waals surface area contributed by atoms with Gasteiger partial charge in [0.1, 0.15) is 0 Å². The molecule has 1 heterocycles. The van der Waals surface area contributed by atoms with Gasteiger partial charge in [-0.25, -0.2) is 0 Å². The van der Waals surface area contributed by atoms with Crippen LogP contribution in [0.4, 0.5) is 0 Å². The predicted octanol–water partition coefficient (Wildman–Crippen LogP) is 4.56. The van der Waals surface area contributed by atoms with Gasteiger partial charge < -0.3 is 0 Å². The van der Waals surface area contributed by atoms with E-state index in [1.165, 1.54) is 28.9 Å². The molecule has 0 nitrogen and oxygen atoms in total. The van der Waals surface area contributed by atoms with Crippen LogP contribution in [0.3, 0.4) is 0 Å². The molecular weight excluding hydrogens is 220 g/mol. The number of hydrogen-bond acceptors (Lipinski definition) is 2. The normalized spacial score (nSPS) is 26.6. The van der Waals surface area contributed by atoms with E-state index in [9.17, 15) is 0 Å². The lowest BCUT2D eigenvalue weighted by atomic mass is 10.1. The summed E-state index contributed by atoms with van der Waals surface area (Å²) in [6.07, 6.45) is 1.36. The Morgan fingerprint density at radius 3 is 2.73 bits per heavy atom. The summed E-state index contributed by atoms with van der Waals surface area (Å²) < 4.78 is 0.661. The standard InChI is InChI=1S/C13H18S2/c1-9-4-5-12(10(2)8-9)13-14-7-6-11(3)15-13/h4-5,8,11,13H,6-7H2,1-3H3. The molecule has 0 saturated carbocycles. The number of benzene rings is 1. The summed E-state index contributed by atoms with van der Waals surface area (Å²) in [5.74, 6) is 1.31. The zero-order chi connectivity index (χ0) is 10.8. The first-order valence-electron chi connectivity index (χ1n) is 5.51. The summed E-state index contributed by atoms with van der Waals surface area (Å²) in [7, 11) is 0. The van der Waals surface area contributed by atoms with E-state index in [0.717, 1.165) is 5.25 Å². The molecule has 0 N–H and O–H groups in total. The van der Waals surface area contributed by atoms with E-state index >= 15 is 0 Å². The van der Waals surface area contributed by atoms with Crippen molar-refractivity contribution in [3.63, 3.8) is 0 Å². The molecule has 0 spiro atoms. The van der Waals surface area contributed by atoms with Crippen LogP contribution in [-0.4, -0.2) is 11.0 Å². The van der Waals surface area contributed by atoms with Crippen LogP contribution in [0.1, 0.15) is 34.6 Å². The zero-order valence-electron chi connectivity index (χ0n) is 9.62. The van der Waals surface area contributed by atoms with Crippen LogP contribution in [-0.2, 0) is 0 Å². The fraction of sp³-hybridized carbons (Fsp3) is 0.538. The summed E-state index contributed by atoms with van der Waals surface area (Å²) in [5, 5.41) is 0.817. The van der Waals surface area contributed by atoms with Crippen LogP contribution in [0.5, 0.6) is 0 Å². The second kappa shape index (κ2) is 4.84. The molecule has 1 aromatic carbocycles. The van der Waals surface area contributed by atoms with Gasteiger partial charge >= 0.3 is 0 Å². The molecule has 0 aliphatic carbocycles. The maximum Gasteiger partial charge on any atom is 0.0756 e. The van der Waals surface area contributed by atoms with Crippen LogP contribution < -0.4 is 0 Å². The molecule has 0 aromatic heterocycles. The fourth-order valence-corrected chi connectivity index (χ4v) is 5.47. The minimum Gasteiger partial charge on any atom is -0.143 e. The highest BCUT2D eigenvalue weighted by Crippen LogP contribution is 2.47. The van der Waals surface area contributed by atoms with Crippen molar-refractivity contribution >= 4 is 23.5 Å². The van der Waals surface area contributed by atoms with Crippen molar-refractivity contribution in [2.24, 2.45) is 0 Å². The highest BCUT2D eigenvalue weighted by Gasteiger charge is 2.22. The first-order chi connectivity index (χ1) is 7.16. The first kappa shape index (κ1) is 11.4. The lowest BCUT2D eigenvalue weighted by molar-refractivity contribution is 0.903. The molecule has 1 saturated heterocycles.